The highest BCUT2D eigenvalue weighted by atomic mass is 19.3. The molecule has 0 saturated heterocycles. The van der Waals surface area contributed by atoms with Crippen molar-refractivity contribution in [3.8, 4) is 5.75 Å². The standard InChI is InChI=1S/C21H28F2N6O2/c1-14(2)17(27-12-24-13-28(3)4)6-7-29-11-16(21(30)26-10-19(22)23)20-18(29)8-15(31-5)9-25-20/h8-9,11-12,19H,1,6-7,10,13H2,2-5H3,(H,26,30)/b24-12-,27-17?. The zero-order valence-electron chi connectivity index (χ0n) is 18.2. The first-order valence-corrected chi connectivity index (χ1v) is 9.67. The van der Waals surface area contributed by atoms with Crippen LogP contribution >= 0.6 is 0 Å². The molecule has 10 heteroatoms. The number of ether oxygens (including phenoxy) is 1. The van der Waals surface area contributed by atoms with Crippen molar-refractivity contribution in [2.75, 3.05) is 34.4 Å². The molecule has 31 heavy (non-hydrogen) atoms. The Morgan fingerprint density at radius 3 is 2.81 bits per heavy atom. The number of allylic oxidation sites excluding steroid dienone is 1. The minimum absolute atomic E-state index is 0.222. The number of fused-ring (bicyclic) bond motifs is 1. The van der Waals surface area contributed by atoms with E-state index in [0.717, 1.165) is 11.3 Å². The van der Waals surface area contributed by atoms with Gasteiger partial charge in [-0.3, -0.25) is 14.7 Å². The Kier molecular flexibility index (Phi) is 8.80. The number of pyridine rings is 1. The van der Waals surface area contributed by atoms with E-state index in [0.29, 0.717) is 36.4 Å². The molecule has 2 aromatic heterocycles. The number of methoxy groups -OCH3 is 1. The molecule has 0 aliphatic rings. The third-order valence-corrected chi connectivity index (χ3v) is 4.33. The van der Waals surface area contributed by atoms with E-state index >= 15 is 0 Å². The molecule has 2 heterocycles. The van der Waals surface area contributed by atoms with Crippen molar-refractivity contribution in [1.82, 2.24) is 19.8 Å². The number of hydrogen-bond acceptors (Lipinski definition) is 5. The molecule has 8 nitrogen and oxygen atoms in total. The highest BCUT2D eigenvalue weighted by molar-refractivity contribution is 6.06. The molecule has 0 aromatic carbocycles. The lowest BCUT2D eigenvalue weighted by molar-refractivity contribution is 0.0893. The summed E-state index contributed by atoms with van der Waals surface area (Å²) >= 11 is 0. The van der Waals surface area contributed by atoms with Gasteiger partial charge in [0, 0.05) is 30.9 Å². The van der Waals surface area contributed by atoms with Gasteiger partial charge in [-0.05, 0) is 26.6 Å². The van der Waals surface area contributed by atoms with E-state index in [1.807, 2.05) is 30.5 Å². The van der Waals surface area contributed by atoms with Gasteiger partial charge in [0.05, 0.1) is 37.6 Å². The summed E-state index contributed by atoms with van der Waals surface area (Å²) < 4.78 is 32.1. The lowest BCUT2D eigenvalue weighted by atomic mass is 10.1. The zero-order valence-corrected chi connectivity index (χ0v) is 18.2. The van der Waals surface area contributed by atoms with Gasteiger partial charge in [0.1, 0.15) is 17.6 Å². The predicted molar refractivity (Wildman–Crippen MR) is 119 cm³/mol. The van der Waals surface area contributed by atoms with Gasteiger partial charge in [-0.1, -0.05) is 6.58 Å². The summed E-state index contributed by atoms with van der Waals surface area (Å²) in [5.41, 5.74) is 2.86. The molecular weight excluding hydrogens is 406 g/mol. The van der Waals surface area contributed by atoms with Gasteiger partial charge in [0.15, 0.2) is 0 Å². The van der Waals surface area contributed by atoms with Crippen LogP contribution in [0.3, 0.4) is 0 Å². The van der Waals surface area contributed by atoms with Crippen LogP contribution in [0.5, 0.6) is 5.75 Å². The summed E-state index contributed by atoms with van der Waals surface area (Å²) in [6.07, 6.45) is 2.49. The molecule has 0 atom stereocenters. The summed E-state index contributed by atoms with van der Waals surface area (Å²) in [6, 6.07) is 1.75. The normalized spacial score (nSPS) is 12.3. The van der Waals surface area contributed by atoms with Crippen LogP contribution in [0.2, 0.25) is 0 Å². The molecule has 0 bridgehead atoms. The first-order valence-electron chi connectivity index (χ1n) is 9.67. The fraction of sp³-hybridized carbons (Fsp3) is 0.429. The number of nitrogens with one attached hydrogen (secondary N) is 1. The smallest absolute Gasteiger partial charge is 0.255 e. The van der Waals surface area contributed by atoms with Gasteiger partial charge >= 0.3 is 0 Å². The summed E-state index contributed by atoms with van der Waals surface area (Å²) in [6.45, 7) is 6.10. The Balaban J connectivity index is 2.30. The molecule has 2 aromatic rings. The van der Waals surface area contributed by atoms with Crippen LogP contribution in [0.1, 0.15) is 23.7 Å². The van der Waals surface area contributed by atoms with E-state index in [4.69, 9.17) is 4.74 Å². The predicted octanol–water partition coefficient (Wildman–Crippen LogP) is 2.99. The maximum atomic E-state index is 12.5. The zero-order chi connectivity index (χ0) is 23.0. The summed E-state index contributed by atoms with van der Waals surface area (Å²) in [5, 5.41) is 2.23. The van der Waals surface area contributed by atoms with E-state index in [1.165, 1.54) is 19.6 Å². The monoisotopic (exact) mass is 434 g/mol. The van der Waals surface area contributed by atoms with Gasteiger partial charge < -0.3 is 14.6 Å². The Morgan fingerprint density at radius 2 is 2.19 bits per heavy atom. The lowest BCUT2D eigenvalue weighted by Crippen LogP contribution is -2.28. The Labute approximate surface area is 180 Å². The molecule has 2 rings (SSSR count). The molecule has 0 aliphatic carbocycles. The SMILES string of the molecule is C=C(C)C(CCn1cc(C(=O)NCC(F)F)c2ncc(OC)cc21)=N/C=N\CN(C)C. The van der Waals surface area contributed by atoms with Crippen LogP contribution in [0.25, 0.3) is 11.0 Å². The molecule has 1 N–H and O–H groups in total. The van der Waals surface area contributed by atoms with Crippen molar-refractivity contribution in [2.45, 2.75) is 26.3 Å². The number of aromatic nitrogens is 2. The van der Waals surface area contributed by atoms with E-state index in [-0.39, 0.29) is 5.56 Å². The minimum atomic E-state index is -2.63. The van der Waals surface area contributed by atoms with Crippen molar-refractivity contribution in [3.05, 3.63) is 36.2 Å². The fourth-order valence-corrected chi connectivity index (χ4v) is 2.80. The fourth-order valence-electron chi connectivity index (χ4n) is 2.80. The number of carbonyl (C=O) groups is 1. The topological polar surface area (TPSA) is 84.1 Å². The lowest BCUT2D eigenvalue weighted by Gasteiger charge is -2.08. The first-order chi connectivity index (χ1) is 14.7. The third kappa shape index (κ3) is 6.95. The minimum Gasteiger partial charge on any atom is -0.495 e. The second kappa shape index (κ2) is 11.3. The van der Waals surface area contributed by atoms with Gasteiger partial charge in [0.2, 0.25) is 0 Å². The van der Waals surface area contributed by atoms with E-state index < -0.39 is 18.9 Å². The van der Waals surface area contributed by atoms with Crippen molar-refractivity contribution in [1.29, 1.82) is 0 Å². The maximum Gasteiger partial charge on any atom is 0.255 e. The molecule has 0 aliphatic heterocycles. The molecule has 0 radical (unpaired) electrons. The van der Waals surface area contributed by atoms with Gasteiger partial charge in [-0.25, -0.2) is 18.8 Å². The van der Waals surface area contributed by atoms with E-state index in [2.05, 4.69) is 26.9 Å². The summed E-state index contributed by atoms with van der Waals surface area (Å²) in [4.78, 5) is 27.2. The number of aliphatic imine (C=N–C) groups is 2. The largest absolute Gasteiger partial charge is 0.495 e. The van der Waals surface area contributed by atoms with Crippen LogP contribution in [-0.2, 0) is 6.54 Å². The molecule has 0 saturated carbocycles. The van der Waals surface area contributed by atoms with Crippen LogP contribution in [0.15, 0.2) is 40.6 Å². The number of alkyl halides is 2. The van der Waals surface area contributed by atoms with Crippen molar-refractivity contribution < 1.29 is 18.3 Å². The molecule has 0 fully saturated rings. The van der Waals surface area contributed by atoms with E-state index in [1.54, 1.807) is 12.3 Å². The van der Waals surface area contributed by atoms with Crippen LogP contribution in [0, 0.1) is 0 Å². The second-order valence-electron chi connectivity index (χ2n) is 7.21. The van der Waals surface area contributed by atoms with Gasteiger partial charge in [-0.2, -0.15) is 0 Å². The van der Waals surface area contributed by atoms with Gasteiger partial charge in [-0.15, -0.1) is 0 Å². The summed E-state index contributed by atoms with van der Waals surface area (Å²) in [5.74, 6) is -0.0812. The quantitative estimate of drug-likeness (QED) is 0.435. The Bertz CT molecular complexity index is 982. The van der Waals surface area contributed by atoms with Crippen LogP contribution < -0.4 is 10.1 Å². The van der Waals surface area contributed by atoms with Crippen molar-refractivity contribution in [3.63, 3.8) is 0 Å². The second-order valence-corrected chi connectivity index (χ2v) is 7.21. The Hall–Kier alpha value is -3.14. The number of aryl methyl sites for hydroxylation is 1. The number of rotatable bonds is 11. The van der Waals surface area contributed by atoms with Crippen molar-refractivity contribution >= 4 is 29.0 Å². The van der Waals surface area contributed by atoms with Crippen LogP contribution in [0.4, 0.5) is 8.78 Å². The number of nitrogens with zero attached hydrogens (tertiary/aromatic N) is 5. The molecule has 0 spiro atoms. The number of halogens is 2. The summed E-state index contributed by atoms with van der Waals surface area (Å²) in [7, 11) is 5.34. The van der Waals surface area contributed by atoms with E-state index in [9.17, 15) is 13.6 Å². The molecule has 0 unspecified atom stereocenters. The highest BCUT2D eigenvalue weighted by Crippen LogP contribution is 2.24. The molecular formula is C21H28F2N6O2. The average molecular weight is 434 g/mol. The number of hydrogen-bond donors (Lipinski definition) is 1. The number of amides is 1. The van der Waals surface area contributed by atoms with Crippen molar-refractivity contribution in [2.24, 2.45) is 9.98 Å². The Morgan fingerprint density at radius 1 is 1.45 bits per heavy atom. The maximum absolute atomic E-state index is 12.5. The molecule has 168 valence electrons. The third-order valence-electron chi connectivity index (χ3n) is 4.33. The first kappa shape index (κ1) is 24.1. The number of carbonyl (C=O) groups excluding carboxylic acids is 1. The average Bonchev–Trinajstić information content (AvgIpc) is 3.08. The highest BCUT2D eigenvalue weighted by Gasteiger charge is 2.18. The van der Waals surface area contributed by atoms with Crippen LogP contribution in [-0.4, -0.2) is 73.3 Å². The molecule has 1 amide bonds. The van der Waals surface area contributed by atoms with Gasteiger partial charge in [0.25, 0.3) is 12.3 Å².